The molecule has 1 saturated carbocycles. The fraction of sp³-hybridized carbons (Fsp3) is 0.478. The average Bonchev–Trinajstić information content (AvgIpc) is 3.13. The van der Waals surface area contributed by atoms with Crippen molar-refractivity contribution in [1.82, 2.24) is 0 Å². The standard InChI is InChI=1S/C23H29NO4S/c1-14(2)24(21(25)17-7-5-15(3)6-8-17)22-19(23(26)27)13-20(29-22)16-9-11-18(28-4)12-10-16/h9-15,17H,5-8H2,1-4H3,(H,26,27). The van der Waals surface area contributed by atoms with Gasteiger partial charge in [0.15, 0.2) is 0 Å². The second-order valence-electron chi connectivity index (χ2n) is 8.12. The zero-order valence-electron chi connectivity index (χ0n) is 17.5. The Labute approximate surface area is 176 Å². The summed E-state index contributed by atoms with van der Waals surface area (Å²) in [5.74, 6) is 0.421. The van der Waals surface area contributed by atoms with Crippen molar-refractivity contribution in [3.8, 4) is 16.2 Å². The van der Waals surface area contributed by atoms with Crippen molar-refractivity contribution in [1.29, 1.82) is 0 Å². The molecule has 29 heavy (non-hydrogen) atoms. The third-order valence-corrected chi connectivity index (χ3v) is 6.84. The van der Waals surface area contributed by atoms with Crippen LogP contribution < -0.4 is 9.64 Å². The number of amides is 1. The highest BCUT2D eigenvalue weighted by molar-refractivity contribution is 7.20. The summed E-state index contributed by atoms with van der Waals surface area (Å²) in [7, 11) is 1.61. The van der Waals surface area contributed by atoms with Crippen molar-refractivity contribution in [2.75, 3.05) is 12.0 Å². The van der Waals surface area contributed by atoms with E-state index in [2.05, 4.69) is 6.92 Å². The van der Waals surface area contributed by atoms with E-state index in [1.54, 1.807) is 18.1 Å². The highest BCUT2D eigenvalue weighted by atomic mass is 32.1. The zero-order chi connectivity index (χ0) is 21.1. The van der Waals surface area contributed by atoms with E-state index in [1.807, 2.05) is 38.1 Å². The molecule has 6 heteroatoms. The number of aromatic carboxylic acids is 1. The van der Waals surface area contributed by atoms with E-state index in [9.17, 15) is 14.7 Å². The molecule has 1 aliphatic rings. The molecule has 0 aliphatic heterocycles. The quantitative estimate of drug-likeness (QED) is 0.658. The van der Waals surface area contributed by atoms with E-state index < -0.39 is 5.97 Å². The first-order valence-electron chi connectivity index (χ1n) is 10.2. The molecule has 0 unspecified atom stereocenters. The molecule has 0 spiro atoms. The number of anilines is 1. The summed E-state index contributed by atoms with van der Waals surface area (Å²) in [5.41, 5.74) is 1.10. The van der Waals surface area contributed by atoms with Gasteiger partial charge in [-0.05, 0) is 81.3 Å². The molecule has 1 aromatic carbocycles. The molecule has 1 fully saturated rings. The molecule has 1 aliphatic carbocycles. The third-order valence-electron chi connectivity index (χ3n) is 5.66. The molecular formula is C23H29NO4S. The van der Waals surface area contributed by atoms with Crippen molar-refractivity contribution < 1.29 is 19.4 Å². The summed E-state index contributed by atoms with van der Waals surface area (Å²) in [6.45, 7) is 6.12. The van der Waals surface area contributed by atoms with E-state index in [0.29, 0.717) is 10.9 Å². The van der Waals surface area contributed by atoms with Crippen molar-refractivity contribution >= 4 is 28.2 Å². The van der Waals surface area contributed by atoms with Crippen LogP contribution in [-0.4, -0.2) is 30.1 Å². The van der Waals surface area contributed by atoms with Crippen molar-refractivity contribution in [3.63, 3.8) is 0 Å². The number of methoxy groups -OCH3 is 1. The summed E-state index contributed by atoms with van der Waals surface area (Å²) in [6, 6.07) is 9.08. The van der Waals surface area contributed by atoms with Gasteiger partial charge >= 0.3 is 5.97 Å². The first-order chi connectivity index (χ1) is 13.8. The lowest BCUT2D eigenvalue weighted by molar-refractivity contribution is -0.123. The van der Waals surface area contributed by atoms with Gasteiger partial charge in [-0.15, -0.1) is 11.3 Å². The molecule has 0 bridgehead atoms. The lowest BCUT2D eigenvalue weighted by Gasteiger charge is -2.33. The highest BCUT2D eigenvalue weighted by Gasteiger charge is 2.33. The van der Waals surface area contributed by atoms with Crippen LogP contribution in [0.2, 0.25) is 0 Å². The summed E-state index contributed by atoms with van der Waals surface area (Å²) in [4.78, 5) is 27.9. The lowest BCUT2D eigenvalue weighted by atomic mass is 9.82. The molecular weight excluding hydrogens is 386 g/mol. The molecule has 156 valence electrons. The fourth-order valence-electron chi connectivity index (χ4n) is 3.90. The SMILES string of the molecule is COc1ccc(-c2cc(C(=O)O)c(N(C(=O)C3CCC(C)CC3)C(C)C)s2)cc1. The molecule has 0 radical (unpaired) electrons. The number of nitrogens with zero attached hydrogens (tertiary/aromatic N) is 1. The smallest absolute Gasteiger partial charge is 0.338 e. The van der Waals surface area contributed by atoms with E-state index >= 15 is 0 Å². The van der Waals surface area contributed by atoms with Gasteiger partial charge in [-0.3, -0.25) is 4.79 Å². The van der Waals surface area contributed by atoms with Crippen LogP contribution in [0.5, 0.6) is 5.75 Å². The lowest BCUT2D eigenvalue weighted by Crippen LogP contribution is -2.42. The van der Waals surface area contributed by atoms with Gasteiger partial charge in [-0.25, -0.2) is 4.79 Å². The minimum Gasteiger partial charge on any atom is -0.497 e. The molecule has 1 amide bonds. The van der Waals surface area contributed by atoms with Gasteiger partial charge in [-0.2, -0.15) is 0 Å². The first kappa shape index (κ1) is 21.4. The maximum atomic E-state index is 13.4. The Kier molecular flexibility index (Phi) is 6.63. The number of ether oxygens (including phenoxy) is 1. The summed E-state index contributed by atoms with van der Waals surface area (Å²) in [5, 5.41) is 10.3. The second kappa shape index (κ2) is 8.99. The van der Waals surface area contributed by atoms with Crippen LogP contribution in [-0.2, 0) is 4.79 Å². The zero-order valence-corrected chi connectivity index (χ0v) is 18.3. The van der Waals surface area contributed by atoms with Gasteiger partial charge in [0.05, 0.1) is 12.7 Å². The number of carbonyl (C=O) groups excluding carboxylic acids is 1. The molecule has 1 N–H and O–H groups in total. The Bertz CT molecular complexity index is 864. The van der Waals surface area contributed by atoms with E-state index in [0.717, 1.165) is 41.9 Å². The van der Waals surface area contributed by atoms with E-state index in [-0.39, 0.29) is 23.4 Å². The van der Waals surface area contributed by atoms with E-state index in [4.69, 9.17) is 4.74 Å². The van der Waals surface area contributed by atoms with Gasteiger partial charge in [-0.1, -0.05) is 6.92 Å². The van der Waals surface area contributed by atoms with Gasteiger partial charge in [0.2, 0.25) is 5.91 Å². The number of hydrogen-bond donors (Lipinski definition) is 1. The topological polar surface area (TPSA) is 66.8 Å². The summed E-state index contributed by atoms with van der Waals surface area (Å²) >= 11 is 1.37. The van der Waals surface area contributed by atoms with Gasteiger partial charge < -0.3 is 14.7 Å². The maximum absolute atomic E-state index is 13.4. The minimum atomic E-state index is -1.01. The Balaban J connectivity index is 1.97. The number of carbonyl (C=O) groups is 2. The Morgan fingerprint density at radius 1 is 1.14 bits per heavy atom. The molecule has 5 nitrogen and oxygen atoms in total. The van der Waals surface area contributed by atoms with Gasteiger partial charge in [0.25, 0.3) is 0 Å². The van der Waals surface area contributed by atoms with Crippen LogP contribution in [0.15, 0.2) is 30.3 Å². The predicted molar refractivity (Wildman–Crippen MR) is 117 cm³/mol. The van der Waals surface area contributed by atoms with Crippen molar-refractivity contribution in [3.05, 3.63) is 35.9 Å². The molecule has 1 aromatic heterocycles. The molecule has 0 atom stereocenters. The second-order valence-corrected chi connectivity index (χ2v) is 9.15. The Morgan fingerprint density at radius 3 is 2.28 bits per heavy atom. The summed E-state index contributed by atoms with van der Waals surface area (Å²) in [6.07, 6.45) is 3.86. The number of rotatable bonds is 6. The number of carboxylic acid groups (broad SMARTS) is 1. The molecule has 2 aromatic rings. The number of thiophene rings is 1. The van der Waals surface area contributed by atoms with Crippen molar-refractivity contribution in [2.45, 2.75) is 52.5 Å². The van der Waals surface area contributed by atoms with Gasteiger partial charge in [0.1, 0.15) is 10.8 Å². The van der Waals surface area contributed by atoms with Crippen LogP contribution in [0.3, 0.4) is 0 Å². The molecule has 0 saturated heterocycles. The average molecular weight is 416 g/mol. The van der Waals surface area contributed by atoms with Crippen LogP contribution >= 0.6 is 11.3 Å². The van der Waals surface area contributed by atoms with Crippen LogP contribution in [0.25, 0.3) is 10.4 Å². The minimum absolute atomic E-state index is 0.0261. The number of carboxylic acids is 1. The van der Waals surface area contributed by atoms with Crippen molar-refractivity contribution in [2.24, 2.45) is 11.8 Å². The van der Waals surface area contributed by atoms with E-state index in [1.165, 1.54) is 11.3 Å². The monoisotopic (exact) mass is 415 g/mol. The summed E-state index contributed by atoms with van der Waals surface area (Å²) < 4.78 is 5.20. The van der Waals surface area contributed by atoms with Gasteiger partial charge in [0, 0.05) is 16.8 Å². The maximum Gasteiger partial charge on any atom is 0.338 e. The first-order valence-corrected chi connectivity index (χ1v) is 11.0. The largest absolute Gasteiger partial charge is 0.497 e. The number of hydrogen-bond acceptors (Lipinski definition) is 4. The number of benzene rings is 1. The molecule has 3 rings (SSSR count). The predicted octanol–water partition coefficient (Wildman–Crippen LogP) is 5.69. The molecule has 1 heterocycles. The highest BCUT2D eigenvalue weighted by Crippen LogP contribution is 2.41. The Hall–Kier alpha value is -2.34. The van der Waals surface area contributed by atoms with Crippen LogP contribution in [0.4, 0.5) is 5.00 Å². The third kappa shape index (κ3) is 4.64. The van der Waals surface area contributed by atoms with Crippen LogP contribution in [0, 0.1) is 11.8 Å². The Morgan fingerprint density at radius 2 is 1.76 bits per heavy atom. The fourth-order valence-corrected chi connectivity index (χ4v) is 5.20. The normalized spacial score (nSPS) is 19.2. The van der Waals surface area contributed by atoms with Crippen LogP contribution in [0.1, 0.15) is 56.8 Å².